The molecule has 0 fully saturated rings. The van der Waals surface area contributed by atoms with E-state index in [0.29, 0.717) is 12.6 Å². The number of anilines is 2. The van der Waals surface area contributed by atoms with Crippen molar-refractivity contribution in [3.8, 4) is 0 Å². The van der Waals surface area contributed by atoms with E-state index >= 15 is 0 Å². The van der Waals surface area contributed by atoms with Gasteiger partial charge in [-0.15, -0.1) is 0 Å². The van der Waals surface area contributed by atoms with Crippen LogP contribution in [0.5, 0.6) is 0 Å². The Hall–Kier alpha value is -0.930. The number of fused-ring (bicyclic) bond motifs is 1. The maximum absolute atomic E-state index is 5.88. The van der Waals surface area contributed by atoms with E-state index in [1.54, 1.807) is 7.11 Å². The summed E-state index contributed by atoms with van der Waals surface area (Å²) in [6.07, 6.45) is 0. The predicted octanol–water partition coefficient (Wildman–Crippen LogP) is 2.19. The second kappa shape index (κ2) is 4.07. The van der Waals surface area contributed by atoms with E-state index in [0.717, 1.165) is 22.9 Å². The molecule has 0 amide bonds. The first-order valence-corrected chi connectivity index (χ1v) is 4.96. The highest BCUT2D eigenvalue weighted by molar-refractivity contribution is 6.31. The van der Waals surface area contributed by atoms with Crippen LogP contribution in [0.2, 0.25) is 5.02 Å². The fourth-order valence-electron chi connectivity index (χ4n) is 1.59. The van der Waals surface area contributed by atoms with Gasteiger partial charge in [0.25, 0.3) is 0 Å². The Morgan fingerprint density at radius 3 is 3.14 bits per heavy atom. The van der Waals surface area contributed by atoms with Crippen molar-refractivity contribution in [1.82, 2.24) is 0 Å². The lowest BCUT2D eigenvalue weighted by Crippen LogP contribution is -2.36. The quantitative estimate of drug-likeness (QED) is 0.789. The van der Waals surface area contributed by atoms with Crippen LogP contribution < -0.4 is 10.6 Å². The molecule has 76 valence electrons. The molecule has 1 aliphatic rings. The first kappa shape index (κ1) is 9.62. The number of hydrogen-bond donors (Lipinski definition) is 2. The molecule has 1 aromatic rings. The van der Waals surface area contributed by atoms with Gasteiger partial charge in [0, 0.05) is 18.7 Å². The number of nitrogens with one attached hydrogen (secondary N) is 2. The molecule has 1 aromatic carbocycles. The second-order valence-electron chi connectivity index (χ2n) is 3.37. The molecule has 1 atom stereocenters. The fourth-order valence-corrected chi connectivity index (χ4v) is 1.77. The summed E-state index contributed by atoms with van der Waals surface area (Å²) >= 11 is 5.88. The summed E-state index contributed by atoms with van der Waals surface area (Å²) < 4.78 is 5.09. The maximum atomic E-state index is 5.88. The van der Waals surface area contributed by atoms with Gasteiger partial charge in [0.2, 0.25) is 0 Å². The largest absolute Gasteiger partial charge is 0.382 e. The molecular formula is C10H13ClN2O. The van der Waals surface area contributed by atoms with Crippen LogP contribution >= 0.6 is 11.6 Å². The number of halogens is 1. The molecule has 1 unspecified atom stereocenters. The summed E-state index contributed by atoms with van der Waals surface area (Å²) in [6.45, 7) is 1.57. The first-order valence-electron chi connectivity index (χ1n) is 4.58. The third-order valence-corrected chi connectivity index (χ3v) is 2.48. The molecule has 0 bridgehead atoms. The van der Waals surface area contributed by atoms with Crippen molar-refractivity contribution in [3.05, 3.63) is 23.2 Å². The van der Waals surface area contributed by atoms with Gasteiger partial charge in [0.15, 0.2) is 0 Å². The monoisotopic (exact) mass is 212 g/mol. The Bertz CT molecular complexity index is 330. The lowest BCUT2D eigenvalue weighted by Gasteiger charge is -2.27. The van der Waals surface area contributed by atoms with E-state index < -0.39 is 0 Å². The average molecular weight is 213 g/mol. The summed E-state index contributed by atoms with van der Waals surface area (Å²) in [5.74, 6) is 0. The van der Waals surface area contributed by atoms with E-state index in [9.17, 15) is 0 Å². The Balaban J connectivity index is 2.15. The Morgan fingerprint density at radius 1 is 1.50 bits per heavy atom. The lowest BCUT2D eigenvalue weighted by atomic mass is 10.1. The van der Waals surface area contributed by atoms with Crippen molar-refractivity contribution in [3.63, 3.8) is 0 Å². The van der Waals surface area contributed by atoms with Crippen molar-refractivity contribution >= 4 is 23.0 Å². The van der Waals surface area contributed by atoms with Crippen molar-refractivity contribution in [2.45, 2.75) is 6.04 Å². The molecule has 0 saturated carbocycles. The van der Waals surface area contributed by atoms with E-state index in [1.165, 1.54) is 0 Å². The van der Waals surface area contributed by atoms with Gasteiger partial charge in [0.1, 0.15) is 0 Å². The van der Waals surface area contributed by atoms with E-state index in [-0.39, 0.29) is 0 Å². The van der Waals surface area contributed by atoms with Gasteiger partial charge >= 0.3 is 0 Å². The normalized spacial score (nSPS) is 19.4. The number of hydrogen-bond acceptors (Lipinski definition) is 3. The van der Waals surface area contributed by atoms with Crippen molar-refractivity contribution in [2.75, 3.05) is 30.9 Å². The van der Waals surface area contributed by atoms with Crippen LogP contribution in [0.25, 0.3) is 0 Å². The molecule has 4 heteroatoms. The van der Waals surface area contributed by atoms with E-state index in [4.69, 9.17) is 16.3 Å². The SMILES string of the molecule is COCC1CNc2cc(Cl)ccc2N1. The highest BCUT2D eigenvalue weighted by Crippen LogP contribution is 2.28. The molecule has 2 rings (SSSR count). The zero-order chi connectivity index (χ0) is 9.97. The van der Waals surface area contributed by atoms with Crippen LogP contribution in [0.4, 0.5) is 11.4 Å². The third-order valence-electron chi connectivity index (χ3n) is 2.25. The minimum Gasteiger partial charge on any atom is -0.382 e. The summed E-state index contributed by atoms with van der Waals surface area (Å²) in [6, 6.07) is 6.11. The van der Waals surface area contributed by atoms with Crippen LogP contribution in [0.3, 0.4) is 0 Å². The third kappa shape index (κ3) is 1.94. The molecule has 14 heavy (non-hydrogen) atoms. The minimum atomic E-state index is 0.327. The van der Waals surface area contributed by atoms with Crippen LogP contribution in [-0.4, -0.2) is 26.3 Å². The van der Waals surface area contributed by atoms with Crippen molar-refractivity contribution < 1.29 is 4.74 Å². The smallest absolute Gasteiger partial charge is 0.0681 e. The lowest BCUT2D eigenvalue weighted by molar-refractivity contribution is 0.188. The predicted molar refractivity (Wildman–Crippen MR) is 59.2 cm³/mol. The summed E-state index contributed by atoms with van der Waals surface area (Å²) in [4.78, 5) is 0. The molecule has 1 aliphatic heterocycles. The first-order chi connectivity index (χ1) is 6.79. The zero-order valence-corrected chi connectivity index (χ0v) is 8.77. The fraction of sp³-hybridized carbons (Fsp3) is 0.400. The molecular weight excluding hydrogens is 200 g/mol. The van der Waals surface area contributed by atoms with Crippen LogP contribution in [0.15, 0.2) is 18.2 Å². The molecule has 0 spiro atoms. The van der Waals surface area contributed by atoms with Gasteiger partial charge in [-0.2, -0.15) is 0 Å². The van der Waals surface area contributed by atoms with Crippen LogP contribution in [0, 0.1) is 0 Å². The van der Waals surface area contributed by atoms with Gasteiger partial charge in [-0.25, -0.2) is 0 Å². The number of rotatable bonds is 2. The standard InChI is InChI=1S/C10H13ClN2O/c1-14-6-8-5-12-10-4-7(11)2-3-9(10)13-8/h2-4,8,12-13H,5-6H2,1H3. The molecule has 1 heterocycles. The average Bonchev–Trinajstić information content (AvgIpc) is 2.19. The number of ether oxygens (including phenoxy) is 1. The molecule has 3 nitrogen and oxygen atoms in total. The summed E-state index contributed by atoms with van der Waals surface area (Å²) in [5, 5.41) is 7.44. The molecule has 0 radical (unpaired) electrons. The second-order valence-corrected chi connectivity index (χ2v) is 3.80. The van der Waals surface area contributed by atoms with Crippen molar-refractivity contribution in [1.29, 1.82) is 0 Å². The molecule has 0 aliphatic carbocycles. The highest BCUT2D eigenvalue weighted by Gasteiger charge is 2.16. The number of benzene rings is 1. The topological polar surface area (TPSA) is 33.3 Å². The van der Waals surface area contributed by atoms with Crippen molar-refractivity contribution in [2.24, 2.45) is 0 Å². The molecule has 0 aromatic heterocycles. The van der Waals surface area contributed by atoms with Gasteiger partial charge in [0.05, 0.1) is 24.0 Å². The Kier molecular flexibility index (Phi) is 2.79. The maximum Gasteiger partial charge on any atom is 0.0681 e. The van der Waals surface area contributed by atoms with Crippen LogP contribution in [-0.2, 0) is 4.74 Å². The highest BCUT2D eigenvalue weighted by atomic mass is 35.5. The van der Waals surface area contributed by atoms with Crippen LogP contribution in [0.1, 0.15) is 0 Å². The molecule has 2 N–H and O–H groups in total. The van der Waals surface area contributed by atoms with E-state index in [2.05, 4.69) is 10.6 Å². The van der Waals surface area contributed by atoms with Gasteiger partial charge in [-0.1, -0.05) is 11.6 Å². The number of methoxy groups -OCH3 is 1. The van der Waals surface area contributed by atoms with Gasteiger partial charge in [-0.3, -0.25) is 0 Å². The van der Waals surface area contributed by atoms with E-state index in [1.807, 2.05) is 18.2 Å². The van der Waals surface area contributed by atoms with Gasteiger partial charge < -0.3 is 15.4 Å². The van der Waals surface area contributed by atoms with Gasteiger partial charge in [-0.05, 0) is 18.2 Å². The zero-order valence-electron chi connectivity index (χ0n) is 8.01. The summed E-state index contributed by atoms with van der Waals surface area (Å²) in [7, 11) is 1.71. The Morgan fingerprint density at radius 2 is 2.36 bits per heavy atom. The summed E-state index contributed by atoms with van der Waals surface area (Å²) in [5.41, 5.74) is 2.15. The Labute approximate surface area is 88.4 Å². The molecule has 0 saturated heterocycles. The minimum absolute atomic E-state index is 0.327.